The fraction of sp³-hybridized carbons (Fsp3) is 0.0833. The van der Waals surface area contributed by atoms with Gasteiger partial charge in [0.15, 0.2) is 0 Å². The SMILES string of the molecule is CCCCC1=Cc2nc1c(-c1ccccc1)c1ccc([n-]1)c(-c1ccccc1)c1nc(c(-c3ccccc3)c3ccc([n-]3)c2-c2ccccc2)C=C1.[Cu+2]. The molecule has 0 fully saturated rings. The Bertz CT molecular complexity index is 2640. The van der Waals surface area contributed by atoms with Gasteiger partial charge in [-0.25, -0.2) is 9.97 Å². The largest absolute Gasteiger partial charge is 2.00 e. The Morgan fingerprint density at radius 1 is 0.434 bits per heavy atom. The summed E-state index contributed by atoms with van der Waals surface area (Å²) in [4.78, 5) is 21.7. The molecule has 0 spiro atoms. The Morgan fingerprint density at radius 2 is 0.811 bits per heavy atom. The van der Waals surface area contributed by atoms with Crippen LogP contribution in [0.2, 0.25) is 0 Å². The van der Waals surface area contributed by atoms with E-state index < -0.39 is 0 Å². The van der Waals surface area contributed by atoms with Gasteiger partial charge in [-0.1, -0.05) is 159 Å². The number of unbranched alkanes of at least 4 members (excludes halogenated alkanes) is 1. The smallest absolute Gasteiger partial charge is 0.657 e. The van der Waals surface area contributed by atoms with Crippen molar-refractivity contribution in [2.75, 3.05) is 0 Å². The van der Waals surface area contributed by atoms with E-state index in [4.69, 9.17) is 19.9 Å². The zero-order chi connectivity index (χ0) is 34.9. The van der Waals surface area contributed by atoms with Crippen molar-refractivity contribution >= 4 is 45.9 Å². The first kappa shape index (κ1) is 34.1. The number of rotatable bonds is 7. The molecule has 0 saturated carbocycles. The second-order valence-corrected chi connectivity index (χ2v) is 13.2. The van der Waals surface area contributed by atoms with Gasteiger partial charge in [-0.3, -0.25) is 0 Å². The van der Waals surface area contributed by atoms with E-state index in [9.17, 15) is 0 Å². The minimum absolute atomic E-state index is 0. The Labute approximate surface area is 320 Å². The minimum atomic E-state index is 0. The van der Waals surface area contributed by atoms with Gasteiger partial charge < -0.3 is 9.97 Å². The summed E-state index contributed by atoms with van der Waals surface area (Å²) in [6, 6.07) is 50.6. The van der Waals surface area contributed by atoms with Crippen LogP contribution >= 0.6 is 0 Å². The fourth-order valence-electron chi connectivity index (χ4n) is 7.39. The van der Waals surface area contributed by atoms with E-state index in [-0.39, 0.29) is 17.1 Å². The van der Waals surface area contributed by atoms with Gasteiger partial charge in [0.05, 0.1) is 22.8 Å². The number of aromatic nitrogens is 4. The van der Waals surface area contributed by atoms with Crippen LogP contribution in [0.3, 0.4) is 0 Å². The van der Waals surface area contributed by atoms with E-state index >= 15 is 0 Å². The second kappa shape index (κ2) is 14.9. The molecule has 9 rings (SSSR count). The van der Waals surface area contributed by atoms with Crippen molar-refractivity contribution in [2.24, 2.45) is 0 Å². The van der Waals surface area contributed by atoms with Gasteiger partial charge in [-0.05, 0) is 81.2 Å². The van der Waals surface area contributed by atoms with Gasteiger partial charge in [-0.2, -0.15) is 0 Å². The Hall–Kier alpha value is -6.00. The van der Waals surface area contributed by atoms with Gasteiger partial charge in [-0.15, -0.1) is 22.1 Å². The van der Waals surface area contributed by atoms with Crippen molar-refractivity contribution in [2.45, 2.75) is 26.2 Å². The zero-order valence-corrected chi connectivity index (χ0v) is 30.2. The van der Waals surface area contributed by atoms with Crippen molar-refractivity contribution in [1.82, 2.24) is 19.9 Å². The standard InChI is InChI=1S/C48H36N4.Cu/c1-2-3-16-36-31-43-46(34-21-12-6-13-22-34)41-28-27-39(50-41)44(32-17-8-4-9-18-32)37-25-26-38(49-37)45(33-19-10-5-11-20-33)40-29-30-42(51-40)47(48(36)52-43)35-23-14-7-15-24-35;/h4-15,17-31H,2-3,16H2,1H3;/q-2;+2. The van der Waals surface area contributed by atoms with Crippen molar-refractivity contribution in [1.29, 1.82) is 0 Å². The number of fused-ring (bicyclic) bond motifs is 8. The number of hydrogen-bond acceptors (Lipinski definition) is 2. The van der Waals surface area contributed by atoms with E-state index in [2.05, 4.69) is 159 Å². The Kier molecular flexibility index (Phi) is 9.60. The van der Waals surface area contributed by atoms with Gasteiger partial charge in [0, 0.05) is 0 Å². The Balaban J connectivity index is 0.00000400. The topological polar surface area (TPSA) is 54.0 Å². The van der Waals surface area contributed by atoms with Crippen LogP contribution in [-0.4, -0.2) is 9.97 Å². The molecular weight excluding hydrogens is 696 g/mol. The molecule has 0 aliphatic carbocycles. The maximum Gasteiger partial charge on any atom is 2.00 e. The molecule has 0 atom stereocenters. The second-order valence-electron chi connectivity index (χ2n) is 13.2. The fourth-order valence-corrected chi connectivity index (χ4v) is 7.39. The number of nitrogens with zero attached hydrogens (tertiary/aromatic N) is 4. The predicted octanol–water partition coefficient (Wildman–Crippen LogP) is 12.1. The molecule has 0 saturated heterocycles. The summed E-state index contributed by atoms with van der Waals surface area (Å²) in [7, 11) is 0. The summed E-state index contributed by atoms with van der Waals surface area (Å²) in [5.74, 6) is 0. The van der Waals surface area contributed by atoms with Crippen LogP contribution in [0.4, 0.5) is 0 Å². The third-order valence-corrected chi connectivity index (χ3v) is 9.85. The van der Waals surface area contributed by atoms with Gasteiger partial charge in [0.25, 0.3) is 0 Å². The minimum Gasteiger partial charge on any atom is -0.657 e. The van der Waals surface area contributed by atoms with Crippen molar-refractivity contribution in [3.05, 3.63) is 168 Å². The summed E-state index contributed by atoms with van der Waals surface area (Å²) in [6.07, 6.45) is 9.59. The Morgan fingerprint density at radius 3 is 1.23 bits per heavy atom. The molecule has 0 amide bonds. The quantitative estimate of drug-likeness (QED) is 0.153. The summed E-state index contributed by atoms with van der Waals surface area (Å²) >= 11 is 0. The molecule has 0 N–H and O–H groups in total. The zero-order valence-electron chi connectivity index (χ0n) is 29.3. The van der Waals surface area contributed by atoms with E-state index in [1.165, 1.54) is 5.57 Å². The van der Waals surface area contributed by atoms with Crippen molar-refractivity contribution in [3.8, 4) is 44.5 Å². The molecular formula is C48H36CuN4. The number of allylic oxidation sites excluding steroid dienone is 1. The van der Waals surface area contributed by atoms with E-state index in [1.807, 2.05) is 12.1 Å². The molecule has 259 valence electrons. The van der Waals surface area contributed by atoms with Crippen molar-refractivity contribution in [3.63, 3.8) is 0 Å². The van der Waals surface area contributed by atoms with Crippen LogP contribution in [0.1, 0.15) is 49.0 Å². The van der Waals surface area contributed by atoms with Crippen molar-refractivity contribution < 1.29 is 17.1 Å². The maximum absolute atomic E-state index is 5.56. The third-order valence-electron chi connectivity index (χ3n) is 9.85. The van der Waals surface area contributed by atoms with Crippen LogP contribution < -0.4 is 9.97 Å². The number of benzene rings is 4. The molecule has 53 heavy (non-hydrogen) atoms. The van der Waals surface area contributed by atoms with Crippen LogP contribution in [0.5, 0.6) is 0 Å². The van der Waals surface area contributed by atoms with E-state index in [0.29, 0.717) is 0 Å². The first-order valence-electron chi connectivity index (χ1n) is 18.1. The molecule has 1 radical (unpaired) electrons. The van der Waals surface area contributed by atoms with Gasteiger partial charge in [0.1, 0.15) is 0 Å². The maximum atomic E-state index is 5.56. The molecule has 4 aromatic carbocycles. The molecule has 5 heteroatoms. The molecule has 2 aliphatic rings. The summed E-state index contributed by atoms with van der Waals surface area (Å²) < 4.78 is 0. The van der Waals surface area contributed by atoms with Crippen LogP contribution in [0.15, 0.2) is 146 Å². The molecule has 3 aromatic heterocycles. The predicted molar refractivity (Wildman–Crippen MR) is 217 cm³/mol. The average Bonchev–Trinajstić information content (AvgIpc) is 4.03. The molecule has 2 aliphatic heterocycles. The summed E-state index contributed by atoms with van der Waals surface area (Å²) in [5, 5.41) is 0. The van der Waals surface area contributed by atoms with Gasteiger partial charge in [0.2, 0.25) is 0 Å². The van der Waals surface area contributed by atoms with Gasteiger partial charge >= 0.3 is 17.1 Å². The molecule has 7 aromatic rings. The summed E-state index contributed by atoms with van der Waals surface area (Å²) in [5.41, 5.74) is 16.7. The number of hydrogen-bond donors (Lipinski definition) is 0. The van der Waals surface area contributed by atoms with E-state index in [1.54, 1.807) is 0 Å². The molecule has 8 bridgehead atoms. The molecule has 4 nitrogen and oxygen atoms in total. The van der Waals surface area contributed by atoms with E-state index in [0.717, 1.165) is 109 Å². The first-order chi connectivity index (χ1) is 25.7. The first-order valence-corrected chi connectivity index (χ1v) is 18.1. The average molecular weight is 732 g/mol. The van der Waals surface area contributed by atoms with Crippen LogP contribution in [0.25, 0.3) is 90.4 Å². The summed E-state index contributed by atoms with van der Waals surface area (Å²) in [6.45, 7) is 2.24. The third kappa shape index (κ3) is 6.51. The van der Waals surface area contributed by atoms with Crippen LogP contribution in [-0.2, 0) is 17.1 Å². The molecule has 5 heterocycles. The monoisotopic (exact) mass is 731 g/mol. The molecule has 0 unspecified atom stereocenters. The normalized spacial score (nSPS) is 12.0. The van der Waals surface area contributed by atoms with Crippen LogP contribution in [0, 0.1) is 0 Å².